The van der Waals surface area contributed by atoms with Crippen molar-refractivity contribution in [2.24, 2.45) is 11.3 Å². The average molecular weight is 346 g/mol. The molecule has 0 aliphatic heterocycles. The van der Waals surface area contributed by atoms with Crippen molar-refractivity contribution in [1.29, 1.82) is 0 Å². The quantitative estimate of drug-likeness (QED) is 0.326. The second-order valence-corrected chi connectivity index (χ2v) is 6.28. The summed E-state index contributed by atoms with van der Waals surface area (Å²) < 4.78 is 0. The van der Waals surface area contributed by atoms with E-state index in [4.69, 9.17) is 15.3 Å². The van der Waals surface area contributed by atoms with E-state index in [2.05, 4.69) is 5.32 Å². The van der Waals surface area contributed by atoms with E-state index in [9.17, 15) is 14.7 Å². The molecule has 1 rings (SSSR count). The van der Waals surface area contributed by atoms with Crippen molar-refractivity contribution >= 4 is 11.8 Å². The first-order valence-corrected chi connectivity index (χ1v) is 8.55. The highest BCUT2D eigenvalue weighted by molar-refractivity contribution is 5.84. The van der Waals surface area contributed by atoms with Crippen molar-refractivity contribution in [3.05, 3.63) is 0 Å². The van der Waals surface area contributed by atoms with E-state index in [-0.39, 0.29) is 63.8 Å². The Labute approximate surface area is 142 Å². The zero-order chi connectivity index (χ0) is 18.0. The molecule has 2 amide bonds. The third kappa shape index (κ3) is 5.41. The largest absolute Gasteiger partial charge is 0.396 e. The summed E-state index contributed by atoms with van der Waals surface area (Å²) >= 11 is 0. The van der Waals surface area contributed by atoms with E-state index in [1.165, 1.54) is 4.90 Å². The predicted molar refractivity (Wildman–Crippen MR) is 86.9 cm³/mol. The fourth-order valence-electron chi connectivity index (χ4n) is 3.41. The van der Waals surface area contributed by atoms with Crippen LogP contribution in [0.25, 0.3) is 0 Å². The van der Waals surface area contributed by atoms with Crippen LogP contribution in [0.1, 0.15) is 32.1 Å². The van der Waals surface area contributed by atoms with E-state index in [0.717, 1.165) is 0 Å². The maximum Gasteiger partial charge on any atom is 0.226 e. The lowest BCUT2D eigenvalue weighted by atomic mass is 9.67. The molecule has 0 aromatic rings. The van der Waals surface area contributed by atoms with Crippen LogP contribution in [0.15, 0.2) is 0 Å². The molecule has 1 saturated carbocycles. The van der Waals surface area contributed by atoms with E-state index in [0.29, 0.717) is 32.1 Å². The number of amides is 2. The lowest BCUT2D eigenvalue weighted by Gasteiger charge is -2.39. The molecule has 140 valence electrons. The molecule has 1 aliphatic carbocycles. The minimum absolute atomic E-state index is 0.105. The third-order valence-corrected chi connectivity index (χ3v) is 4.81. The normalized spacial score (nSPS) is 23.8. The fraction of sp³-hybridized carbons (Fsp3) is 0.875. The molecular formula is C16H30N2O6. The average Bonchev–Trinajstić information content (AvgIpc) is 2.59. The number of rotatable bonds is 10. The second-order valence-electron chi connectivity index (χ2n) is 6.28. The molecule has 1 fully saturated rings. The van der Waals surface area contributed by atoms with Gasteiger partial charge in [-0.15, -0.1) is 0 Å². The maximum absolute atomic E-state index is 12.5. The zero-order valence-corrected chi connectivity index (χ0v) is 14.1. The standard InChI is InChI=1S/C16H30N2O6/c19-9-5-16(15(24)17-6-10-20)3-1-13(2-4-16)14(23)18(7-11-21)8-12-22/h13,19-22H,1-12H2,(H,17,24). The second kappa shape index (κ2) is 10.6. The molecule has 8 nitrogen and oxygen atoms in total. The first-order chi connectivity index (χ1) is 11.5. The summed E-state index contributed by atoms with van der Waals surface area (Å²) in [6.07, 6.45) is 2.38. The van der Waals surface area contributed by atoms with Gasteiger partial charge in [-0.25, -0.2) is 0 Å². The van der Waals surface area contributed by atoms with E-state index in [1.807, 2.05) is 0 Å². The van der Waals surface area contributed by atoms with E-state index >= 15 is 0 Å². The van der Waals surface area contributed by atoms with Gasteiger partial charge in [-0.1, -0.05) is 0 Å². The van der Waals surface area contributed by atoms with Gasteiger partial charge in [-0.05, 0) is 32.1 Å². The summed E-state index contributed by atoms with van der Waals surface area (Å²) in [6, 6.07) is 0. The van der Waals surface area contributed by atoms with Crippen molar-refractivity contribution in [3.8, 4) is 0 Å². The van der Waals surface area contributed by atoms with Crippen LogP contribution in [-0.2, 0) is 9.59 Å². The highest BCUT2D eigenvalue weighted by Crippen LogP contribution is 2.42. The molecule has 0 saturated heterocycles. The lowest BCUT2D eigenvalue weighted by Crippen LogP contribution is -2.47. The molecule has 1 aliphatic rings. The Hall–Kier alpha value is -1.22. The first-order valence-electron chi connectivity index (χ1n) is 8.55. The molecule has 0 radical (unpaired) electrons. The van der Waals surface area contributed by atoms with Crippen LogP contribution in [0, 0.1) is 11.3 Å². The first kappa shape index (κ1) is 20.8. The molecule has 0 spiro atoms. The van der Waals surface area contributed by atoms with Gasteiger partial charge < -0.3 is 30.6 Å². The van der Waals surface area contributed by atoms with Crippen molar-refractivity contribution in [2.75, 3.05) is 46.1 Å². The molecule has 8 heteroatoms. The molecule has 0 heterocycles. The van der Waals surface area contributed by atoms with Gasteiger partial charge in [0.2, 0.25) is 11.8 Å². The summed E-state index contributed by atoms with van der Waals surface area (Å²) in [6.45, 7) is -0.00291. The van der Waals surface area contributed by atoms with Crippen LogP contribution in [0.3, 0.4) is 0 Å². The van der Waals surface area contributed by atoms with Gasteiger partial charge in [0.15, 0.2) is 0 Å². The Morgan fingerprint density at radius 3 is 2.00 bits per heavy atom. The maximum atomic E-state index is 12.5. The van der Waals surface area contributed by atoms with Crippen molar-refractivity contribution < 1.29 is 30.0 Å². The minimum atomic E-state index is -0.695. The van der Waals surface area contributed by atoms with E-state index in [1.54, 1.807) is 0 Å². The Morgan fingerprint density at radius 1 is 0.958 bits per heavy atom. The summed E-state index contributed by atoms with van der Waals surface area (Å²) in [7, 11) is 0. The highest BCUT2D eigenvalue weighted by atomic mass is 16.3. The minimum Gasteiger partial charge on any atom is -0.396 e. The summed E-state index contributed by atoms with van der Waals surface area (Å²) in [5.74, 6) is -0.522. The van der Waals surface area contributed by atoms with Gasteiger partial charge in [-0.3, -0.25) is 9.59 Å². The van der Waals surface area contributed by atoms with Crippen molar-refractivity contribution in [2.45, 2.75) is 32.1 Å². The number of hydrogen-bond donors (Lipinski definition) is 5. The molecular weight excluding hydrogens is 316 g/mol. The number of aliphatic hydroxyl groups excluding tert-OH is 4. The smallest absolute Gasteiger partial charge is 0.226 e. The Kier molecular flexibility index (Phi) is 9.20. The van der Waals surface area contributed by atoms with Gasteiger partial charge in [0.25, 0.3) is 0 Å². The number of aliphatic hydroxyl groups is 4. The zero-order valence-electron chi connectivity index (χ0n) is 14.1. The molecule has 0 aromatic heterocycles. The third-order valence-electron chi connectivity index (χ3n) is 4.81. The molecule has 0 atom stereocenters. The van der Waals surface area contributed by atoms with Crippen molar-refractivity contribution in [1.82, 2.24) is 10.2 Å². The van der Waals surface area contributed by atoms with Crippen molar-refractivity contribution in [3.63, 3.8) is 0 Å². The van der Waals surface area contributed by atoms with Gasteiger partial charge in [0.1, 0.15) is 0 Å². The van der Waals surface area contributed by atoms with Crippen LogP contribution in [0.4, 0.5) is 0 Å². The number of carbonyl (C=O) groups is 2. The number of hydrogen-bond acceptors (Lipinski definition) is 6. The monoisotopic (exact) mass is 346 g/mol. The predicted octanol–water partition coefficient (Wildman–Crippen LogP) is -1.53. The van der Waals surface area contributed by atoms with Crippen LogP contribution >= 0.6 is 0 Å². The Morgan fingerprint density at radius 2 is 1.54 bits per heavy atom. The molecule has 0 bridgehead atoms. The van der Waals surface area contributed by atoms with Gasteiger partial charge in [0, 0.05) is 32.2 Å². The molecule has 0 aromatic carbocycles. The summed E-state index contributed by atoms with van der Waals surface area (Å²) in [5, 5.41) is 38.9. The van der Waals surface area contributed by atoms with Crippen LogP contribution in [-0.4, -0.2) is 83.2 Å². The fourth-order valence-corrected chi connectivity index (χ4v) is 3.41. The van der Waals surface area contributed by atoms with Gasteiger partial charge in [-0.2, -0.15) is 0 Å². The van der Waals surface area contributed by atoms with Crippen LogP contribution < -0.4 is 5.32 Å². The van der Waals surface area contributed by atoms with E-state index < -0.39 is 5.41 Å². The number of nitrogens with one attached hydrogen (secondary N) is 1. The van der Waals surface area contributed by atoms with Crippen LogP contribution in [0.5, 0.6) is 0 Å². The van der Waals surface area contributed by atoms with Gasteiger partial charge in [0.05, 0.1) is 25.2 Å². The molecule has 24 heavy (non-hydrogen) atoms. The molecule has 5 N–H and O–H groups in total. The summed E-state index contributed by atoms with van der Waals surface area (Å²) in [4.78, 5) is 26.4. The highest BCUT2D eigenvalue weighted by Gasteiger charge is 2.43. The summed E-state index contributed by atoms with van der Waals surface area (Å²) in [5.41, 5.74) is -0.695. The Bertz CT molecular complexity index is 390. The van der Waals surface area contributed by atoms with Crippen LogP contribution in [0.2, 0.25) is 0 Å². The number of carbonyl (C=O) groups excluding carboxylic acids is 2. The molecule has 0 unspecified atom stereocenters. The Balaban J connectivity index is 2.69. The lowest BCUT2D eigenvalue weighted by molar-refractivity contribution is -0.142. The SMILES string of the molecule is O=C(C1CCC(CCO)(C(=O)NCCO)CC1)N(CCO)CCO. The topological polar surface area (TPSA) is 130 Å². The number of nitrogens with zero attached hydrogens (tertiary/aromatic N) is 1. The van der Waals surface area contributed by atoms with Gasteiger partial charge >= 0.3 is 0 Å².